The van der Waals surface area contributed by atoms with Crippen LogP contribution < -0.4 is 14.8 Å². The molecule has 1 N–H and O–H groups in total. The molecular weight excluding hydrogens is 396 g/mol. The summed E-state index contributed by atoms with van der Waals surface area (Å²) in [6, 6.07) is 7.44. The molecule has 2 aromatic heterocycles. The first-order valence-electron chi connectivity index (χ1n) is 10.4. The molecule has 0 atom stereocenters. The molecule has 8 heteroatoms. The van der Waals surface area contributed by atoms with Gasteiger partial charge >= 0.3 is 0 Å². The highest BCUT2D eigenvalue weighted by atomic mass is 16.5. The second-order valence-electron chi connectivity index (χ2n) is 8.23. The Bertz CT molecular complexity index is 1070. The molecule has 1 aliphatic rings. The summed E-state index contributed by atoms with van der Waals surface area (Å²) in [6.45, 7) is 4.99. The summed E-state index contributed by atoms with van der Waals surface area (Å²) in [5.41, 5.74) is 0.969. The van der Waals surface area contributed by atoms with Gasteiger partial charge in [-0.2, -0.15) is 0 Å². The minimum absolute atomic E-state index is 0.0253. The van der Waals surface area contributed by atoms with Crippen LogP contribution in [0.15, 0.2) is 35.0 Å². The van der Waals surface area contributed by atoms with Crippen LogP contribution in [0.2, 0.25) is 0 Å². The second-order valence-corrected chi connectivity index (χ2v) is 8.23. The van der Waals surface area contributed by atoms with Gasteiger partial charge in [-0.05, 0) is 57.4 Å². The molecule has 164 valence electrons. The highest BCUT2D eigenvalue weighted by Gasteiger charge is 2.38. The highest BCUT2D eigenvalue weighted by Crippen LogP contribution is 2.40. The smallest absolute Gasteiger partial charge is 0.257 e. The Morgan fingerprint density at radius 3 is 2.61 bits per heavy atom. The van der Waals surface area contributed by atoms with E-state index in [4.69, 9.17) is 13.9 Å². The number of carbonyl (C=O) groups excluding carboxylic acids is 1. The van der Waals surface area contributed by atoms with Crippen molar-refractivity contribution in [2.75, 3.05) is 32.6 Å². The summed E-state index contributed by atoms with van der Waals surface area (Å²) in [5.74, 6) is 2.65. The molecule has 4 rings (SSSR count). The number of anilines is 1. The number of methoxy groups -OCH3 is 1. The van der Waals surface area contributed by atoms with E-state index in [1.165, 1.54) is 6.33 Å². The van der Waals surface area contributed by atoms with Gasteiger partial charge in [0.1, 0.15) is 29.4 Å². The number of fused-ring (bicyclic) bond motifs is 1. The average molecular weight is 425 g/mol. The maximum Gasteiger partial charge on any atom is 0.257 e. The van der Waals surface area contributed by atoms with Crippen molar-refractivity contribution in [2.45, 2.75) is 38.6 Å². The maximum atomic E-state index is 13.2. The average Bonchev–Trinajstić information content (AvgIpc) is 3.39. The van der Waals surface area contributed by atoms with Crippen molar-refractivity contribution in [3.8, 4) is 11.5 Å². The number of ether oxygens (including phenoxy) is 2. The van der Waals surface area contributed by atoms with E-state index in [2.05, 4.69) is 22.2 Å². The number of furan rings is 1. The molecule has 0 aliphatic heterocycles. The molecule has 0 spiro atoms. The summed E-state index contributed by atoms with van der Waals surface area (Å²) < 4.78 is 16.7. The van der Waals surface area contributed by atoms with E-state index in [1.807, 2.05) is 24.3 Å². The van der Waals surface area contributed by atoms with Gasteiger partial charge in [0.15, 0.2) is 0 Å². The Hall–Kier alpha value is -3.29. The first-order valence-corrected chi connectivity index (χ1v) is 10.4. The zero-order valence-electron chi connectivity index (χ0n) is 18.4. The summed E-state index contributed by atoms with van der Waals surface area (Å²) >= 11 is 0. The van der Waals surface area contributed by atoms with Crippen molar-refractivity contribution in [1.29, 1.82) is 0 Å². The predicted molar refractivity (Wildman–Crippen MR) is 118 cm³/mol. The quantitative estimate of drug-likeness (QED) is 0.518. The predicted octanol–water partition coefficient (Wildman–Crippen LogP) is 4.05. The van der Waals surface area contributed by atoms with Crippen LogP contribution in [0.1, 0.15) is 42.3 Å². The molecule has 1 fully saturated rings. The molecule has 1 aromatic carbocycles. The second kappa shape index (κ2) is 8.45. The molecule has 2 heterocycles. The number of aromatic nitrogens is 2. The van der Waals surface area contributed by atoms with Crippen LogP contribution in [0.5, 0.6) is 11.5 Å². The fourth-order valence-corrected chi connectivity index (χ4v) is 3.45. The van der Waals surface area contributed by atoms with E-state index >= 15 is 0 Å². The van der Waals surface area contributed by atoms with Crippen molar-refractivity contribution in [2.24, 2.45) is 0 Å². The maximum absolute atomic E-state index is 13.2. The molecule has 0 radical (unpaired) electrons. The topological polar surface area (TPSA) is 89.7 Å². The van der Waals surface area contributed by atoms with Crippen molar-refractivity contribution in [1.82, 2.24) is 14.9 Å². The van der Waals surface area contributed by atoms with Crippen molar-refractivity contribution >= 4 is 22.8 Å². The van der Waals surface area contributed by atoms with Gasteiger partial charge in [-0.1, -0.05) is 0 Å². The first kappa shape index (κ1) is 21.0. The van der Waals surface area contributed by atoms with Crippen molar-refractivity contribution < 1.29 is 18.7 Å². The lowest BCUT2D eigenvalue weighted by molar-refractivity contribution is 0.0787. The summed E-state index contributed by atoms with van der Waals surface area (Å²) in [7, 11) is 3.41. The summed E-state index contributed by atoms with van der Waals surface area (Å²) in [6.07, 6.45) is 4.32. The zero-order valence-corrected chi connectivity index (χ0v) is 18.4. The third kappa shape index (κ3) is 4.57. The van der Waals surface area contributed by atoms with Crippen LogP contribution in [0.4, 0.5) is 5.82 Å². The number of aryl methyl sites for hydroxylation is 1. The third-order valence-corrected chi connectivity index (χ3v) is 5.61. The van der Waals surface area contributed by atoms with Gasteiger partial charge in [0.25, 0.3) is 5.91 Å². The molecular formula is C23H28N4O4. The van der Waals surface area contributed by atoms with Gasteiger partial charge in [-0.3, -0.25) is 4.79 Å². The van der Waals surface area contributed by atoms with Crippen LogP contribution in [-0.4, -0.2) is 53.6 Å². The largest absolute Gasteiger partial charge is 0.497 e. The number of rotatable bonds is 9. The number of hydrogen-bond donors (Lipinski definition) is 1. The molecule has 31 heavy (non-hydrogen) atoms. The fraction of sp³-hybridized carbons (Fsp3) is 0.435. The SMILES string of the molecule is COc1ccc(OCCCN(C)C(=O)c2c(C)oc3ncnc(NC4(C)CC4)c23)cc1. The standard InChI is InChI=1S/C23H28N4O4/c1-15-18(19-20(26-23(2)10-11-23)24-14-25-21(19)31-15)22(28)27(3)12-5-13-30-17-8-6-16(29-4)7-9-17/h6-9,14H,5,10-13H2,1-4H3,(H,24,25,26). The van der Waals surface area contributed by atoms with Crippen molar-refractivity contribution in [3.63, 3.8) is 0 Å². The van der Waals surface area contributed by atoms with E-state index in [9.17, 15) is 4.79 Å². The number of nitrogens with zero attached hydrogens (tertiary/aromatic N) is 3. The van der Waals surface area contributed by atoms with Crippen LogP contribution in [0, 0.1) is 6.92 Å². The molecule has 3 aromatic rings. The fourth-order valence-electron chi connectivity index (χ4n) is 3.45. The molecule has 1 amide bonds. The van der Waals surface area contributed by atoms with Crippen molar-refractivity contribution in [3.05, 3.63) is 41.9 Å². The van der Waals surface area contributed by atoms with Gasteiger partial charge in [0.05, 0.1) is 24.7 Å². The van der Waals surface area contributed by atoms with Gasteiger partial charge in [-0.25, -0.2) is 9.97 Å². The van der Waals surface area contributed by atoms with Gasteiger partial charge < -0.3 is 24.1 Å². The lowest BCUT2D eigenvalue weighted by Gasteiger charge is -2.18. The van der Waals surface area contributed by atoms with E-state index in [0.717, 1.165) is 24.3 Å². The van der Waals surface area contributed by atoms with Crippen LogP contribution in [0.25, 0.3) is 11.1 Å². The molecule has 1 saturated carbocycles. The van der Waals surface area contributed by atoms with E-state index in [-0.39, 0.29) is 11.4 Å². The summed E-state index contributed by atoms with van der Waals surface area (Å²) in [5, 5.41) is 4.10. The van der Waals surface area contributed by atoms with E-state index in [0.29, 0.717) is 47.8 Å². The van der Waals surface area contributed by atoms with Crippen LogP contribution >= 0.6 is 0 Å². The monoisotopic (exact) mass is 424 g/mol. The minimum atomic E-state index is -0.112. The number of carbonyl (C=O) groups is 1. The Morgan fingerprint density at radius 1 is 1.23 bits per heavy atom. The Kier molecular flexibility index (Phi) is 5.71. The molecule has 0 bridgehead atoms. The molecule has 0 saturated heterocycles. The van der Waals surface area contributed by atoms with Crippen LogP contribution in [-0.2, 0) is 0 Å². The van der Waals surface area contributed by atoms with Crippen LogP contribution in [0.3, 0.4) is 0 Å². The van der Waals surface area contributed by atoms with Gasteiger partial charge in [0.2, 0.25) is 5.71 Å². The Balaban J connectivity index is 1.41. The number of amides is 1. The Labute approximate surface area is 181 Å². The zero-order chi connectivity index (χ0) is 22.0. The normalized spacial score (nSPS) is 14.3. The molecule has 8 nitrogen and oxygen atoms in total. The molecule has 1 aliphatic carbocycles. The van der Waals surface area contributed by atoms with Gasteiger partial charge in [-0.15, -0.1) is 0 Å². The summed E-state index contributed by atoms with van der Waals surface area (Å²) in [4.78, 5) is 23.5. The highest BCUT2D eigenvalue weighted by molar-refractivity contribution is 6.10. The Morgan fingerprint density at radius 2 is 1.94 bits per heavy atom. The van der Waals surface area contributed by atoms with E-state index in [1.54, 1.807) is 26.0 Å². The van der Waals surface area contributed by atoms with Gasteiger partial charge in [0, 0.05) is 19.1 Å². The third-order valence-electron chi connectivity index (χ3n) is 5.61. The number of benzene rings is 1. The number of hydrogen-bond acceptors (Lipinski definition) is 7. The first-order chi connectivity index (χ1) is 14.9. The minimum Gasteiger partial charge on any atom is -0.497 e. The lowest BCUT2D eigenvalue weighted by atomic mass is 10.1. The molecule has 0 unspecified atom stereocenters. The number of nitrogens with one attached hydrogen (secondary N) is 1. The van der Waals surface area contributed by atoms with E-state index < -0.39 is 0 Å². The lowest BCUT2D eigenvalue weighted by Crippen LogP contribution is -2.29.